The van der Waals surface area contributed by atoms with Crippen molar-refractivity contribution in [3.05, 3.63) is 33.9 Å². The van der Waals surface area contributed by atoms with Crippen LogP contribution in [0.3, 0.4) is 0 Å². The van der Waals surface area contributed by atoms with E-state index in [1.54, 1.807) is 12.1 Å². The van der Waals surface area contributed by atoms with E-state index in [4.69, 9.17) is 10.5 Å². The van der Waals surface area contributed by atoms with E-state index in [0.717, 1.165) is 24.9 Å². The highest BCUT2D eigenvalue weighted by molar-refractivity contribution is 7.99. The summed E-state index contributed by atoms with van der Waals surface area (Å²) in [6.07, 6.45) is 1.97. The summed E-state index contributed by atoms with van der Waals surface area (Å²) in [7, 11) is 1.41. The maximum atomic E-state index is 12.5. The van der Waals surface area contributed by atoms with Crippen LogP contribution < -0.4 is 10.5 Å². The third-order valence-electron chi connectivity index (χ3n) is 4.50. The van der Waals surface area contributed by atoms with Gasteiger partial charge in [0.1, 0.15) is 0 Å². The number of piperidine rings is 1. The first-order chi connectivity index (χ1) is 12.0. The predicted molar refractivity (Wildman–Crippen MR) is 98.8 cm³/mol. The molecule has 0 radical (unpaired) electrons. The number of ether oxygens (including phenoxy) is 1. The molecule has 1 fully saturated rings. The number of thioether (sulfide) groups is 1. The van der Waals surface area contributed by atoms with Crippen LogP contribution in [0.5, 0.6) is 5.75 Å². The Morgan fingerprint density at radius 2 is 2.28 bits per heavy atom. The third-order valence-corrected chi connectivity index (χ3v) is 5.49. The van der Waals surface area contributed by atoms with Crippen LogP contribution in [0.25, 0.3) is 0 Å². The number of hydrogen-bond acceptors (Lipinski definition) is 6. The Morgan fingerprint density at radius 1 is 1.52 bits per heavy atom. The molecule has 8 heteroatoms. The summed E-state index contributed by atoms with van der Waals surface area (Å²) in [5.74, 6) is 1.82. The van der Waals surface area contributed by atoms with Crippen LogP contribution in [0.1, 0.15) is 25.3 Å². The molecule has 1 aromatic rings. The number of nitrogens with zero attached hydrogens (tertiary/aromatic N) is 2. The Hall–Kier alpha value is -1.80. The highest BCUT2D eigenvalue weighted by Crippen LogP contribution is 2.29. The van der Waals surface area contributed by atoms with Crippen molar-refractivity contribution in [3.8, 4) is 5.75 Å². The van der Waals surface area contributed by atoms with Crippen molar-refractivity contribution in [1.29, 1.82) is 0 Å². The molecular formula is C17H25N3O4S. The molecule has 25 heavy (non-hydrogen) atoms. The number of nitro groups is 1. The van der Waals surface area contributed by atoms with Crippen molar-refractivity contribution in [3.63, 3.8) is 0 Å². The third kappa shape index (κ3) is 5.09. The molecule has 1 saturated heterocycles. The van der Waals surface area contributed by atoms with Gasteiger partial charge in [0.05, 0.1) is 17.8 Å². The molecule has 0 bridgehead atoms. The maximum Gasteiger partial charge on any atom is 0.311 e. The fraction of sp³-hybridized carbons (Fsp3) is 0.588. The van der Waals surface area contributed by atoms with E-state index in [-0.39, 0.29) is 23.4 Å². The first-order valence-electron chi connectivity index (χ1n) is 8.34. The first kappa shape index (κ1) is 19.5. The fourth-order valence-electron chi connectivity index (χ4n) is 3.11. The lowest BCUT2D eigenvalue weighted by Gasteiger charge is -2.38. The summed E-state index contributed by atoms with van der Waals surface area (Å²) in [6, 6.07) is 5.00. The first-order valence-corrected chi connectivity index (χ1v) is 9.50. The Bertz CT molecular complexity index is 626. The Labute approximate surface area is 152 Å². The SMILES string of the molecule is COc1ccc(CSCC(=O)N2CCC(C)CC2CN)cc1[N+](=O)[O-]. The van der Waals surface area contributed by atoms with Crippen LogP contribution in [0.4, 0.5) is 5.69 Å². The molecule has 1 aliphatic rings. The van der Waals surface area contributed by atoms with E-state index in [1.807, 2.05) is 4.90 Å². The van der Waals surface area contributed by atoms with E-state index in [0.29, 0.717) is 24.0 Å². The van der Waals surface area contributed by atoms with Crippen LogP contribution in [0.2, 0.25) is 0 Å². The standard InChI is InChI=1S/C17H25N3O4S/c1-12-5-6-19(14(7-12)9-18)17(21)11-25-10-13-3-4-16(24-2)15(8-13)20(22)23/h3-4,8,12,14H,5-7,9-11,18H2,1-2H3. The minimum atomic E-state index is -0.459. The number of carbonyl (C=O) groups is 1. The number of rotatable bonds is 7. The van der Waals surface area contributed by atoms with Crippen LogP contribution in [0, 0.1) is 16.0 Å². The number of amides is 1. The van der Waals surface area contributed by atoms with Crippen LogP contribution in [-0.4, -0.2) is 47.7 Å². The van der Waals surface area contributed by atoms with Crippen molar-refractivity contribution in [2.75, 3.05) is 26.0 Å². The smallest absolute Gasteiger partial charge is 0.311 e. The van der Waals surface area contributed by atoms with Gasteiger partial charge >= 0.3 is 5.69 Å². The van der Waals surface area contributed by atoms with E-state index in [9.17, 15) is 14.9 Å². The average Bonchev–Trinajstić information content (AvgIpc) is 2.61. The summed E-state index contributed by atoms with van der Waals surface area (Å²) in [4.78, 5) is 25.0. The molecule has 2 unspecified atom stereocenters. The number of likely N-dealkylation sites (tertiary alicyclic amines) is 1. The number of carbonyl (C=O) groups excluding carboxylic acids is 1. The topological polar surface area (TPSA) is 98.7 Å². The molecule has 1 amide bonds. The summed E-state index contributed by atoms with van der Waals surface area (Å²) < 4.78 is 5.00. The van der Waals surface area contributed by atoms with Crippen molar-refractivity contribution < 1.29 is 14.5 Å². The molecule has 2 N–H and O–H groups in total. The van der Waals surface area contributed by atoms with Gasteiger partial charge in [0.15, 0.2) is 5.75 Å². The second-order valence-corrected chi connectivity index (χ2v) is 7.35. The van der Waals surface area contributed by atoms with E-state index in [2.05, 4.69) is 6.92 Å². The second-order valence-electron chi connectivity index (χ2n) is 6.36. The van der Waals surface area contributed by atoms with Gasteiger partial charge in [-0.1, -0.05) is 13.0 Å². The van der Waals surface area contributed by atoms with Gasteiger partial charge < -0.3 is 15.4 Å². The molecule has 1 heterocycles. The Morgan fingerprint density at radius 3 is 2.92 bits per heavy atom. The normalized spacial score (nSPS) is 20.4. The van der Waals surface area contributed by atoms with Crippen LogP contribution in [-0.2, 0) is 10.5 Å². The zero-order valence-electron chi connectivity index (χ0n) is 14.6. The van der Waals surface area contributed by atoms with Gasteiger partial charge in [0, 0.05) is 31.0 Å². The van der Waals surface area contributed by atoms with Gasteiger partial charge in [-0.2, -0.15) is 0 Å². The number of hydrogen-bond donors (Lipinski definition) is 1. The van der Waals surface area contributed by atoms with Crippen molar-refractivity contribution >= 4 is 23.4 Å². The largest absolute Gasteiger partial charge is 0.490 e. The number of nitro benzene ring substituents is 1. The highest BCUT2D eigenvalue weighted by atomic mass is 32.2. The van der Waals surface area contributed by atoms with Crippen LogP contribution >= 0.6 is 11.8 Å². The van der Waals surface area contributed by atoms with Crippen molar-refractivity contribution in [1.82, 2.24) is 4.90 Å². The van der Waals surface area contributed by atoms with Crippen LogP contribution in [0.15, 0.2) is 18.2 Å². The lowest BCUT2D eigenvalue weighted by molar-refractivity contribution is -0.385. The van der Waals surface area contributed by atoms with E-state index < -0.39 is 4.92 Å². The monoisotopic (exact) mass is 367 g/mol. The maximum absolute atomic E-state index is 12.5. The molecule has 0 saturated carbocycles. The molecule has 2 rings (SSSR count). The predicted octanol–water partition coefficient (Wildman–Crippen LogP) is 2.42. The lowest BCUT2D eigenvalue weighted by atomic mass is 9.92. The Kier molecular flexibility index (Phi) is 7.07. The molecule has 138 valence electrons. The fourth-order valence-corrected chi connectivity index (χ4v) is 3.97. The minimum Gasteiger partial charge on any atom is -0.490 e. The molecule has 0 aromatic heterocycles. The zero-order valence-corrected chi connectivity index (χ0v) is 15.5. The lowest BCUT2D eigenvalue weighted by Crippen LogP contribution is -2.49. The molecule has 0 spiro atoms. The summed E-state index contributed by atoms with van der Waals surface area (Å²) in [6.45, 7) is 3.44. The summed E-state index contributed by atoms with van der Waals surface area (Å²) >= 11 is 1.46. The Balaban J connectivity index is 1.91. The number of nitrogens with two attached hydrogens (primary N) is 1. The summed E-state index contributed by atoms with van der Waals surface area (Å²) in [5, 5.41) is 11.1. The molecule has 0 aliphatic carbocycles. The summed E-state index contributed by atoms with van der Waals surface area (Å²) in [5.41, 5.74) is 6.55. The van der Waals surface area contributed by atoms with Gasteiger partial charge in [-0.05, 0) is 30.4 Å². The minimum absolute atomic E-state index is 0.0554. The zero-order chi connectivity index (χ0) is 18.4. The number of methoxy groups -OCH3 is 1. The molecule has 2 atom stereocenters. The second kappa shape index (κ2) is 9.05. The van der Waals surface area contributed by atoms with Gasteiger partial charge in [0.25, 0.3) is 0 Å². The molecule has 1 aromatic carbocycles. The van der Waals surface area contributed by atoms with Gasteiger partial charge in [-0.3, -0.25) is 14.9 Å². The average molecular weight is 367 g/mol. The van der Waals surface area contributed by atoms with E-state index in [1.165, 1.54) is 24.9 Å². The van der Waals surface area contributed by atoms with Gasteiger partial charge in [0.2, 0.25) is 5.91 Å². The van der Waals surface area contributed by atoms with Gasteiger partial charge in [-0.25, -0.2) is 0 Å². The molecule has 7 nitrogen and oxygen atoms in total. The number of benzene rings is 1. The van der Waals surface area contributed by atoms with Gasteiger partial charge in [-0.15, -0.1) is 11.8 Å². The van der Waals surface area contributed by atoms with E-state index >= 15 is 0 Å². The highest BCUT2D eigenvalue weighted by Gasteiger charge is 2.28. The van der Waals surface area contributed by atoms with Crippen molar-refractivity contribution in [2.24, 2.45) is 11.7 Å². The quantitative estimate of drug-likeness (QED) is 0.587. The molecule has 1 aliphatic heterocycles. The molecular weight excluding hydrogens is 342 g/mol. The van der Waals surface area contributed by atoms with Crippen molar-refractivity contribution in [2.45, 2.75) is 31.6 Å².